The molecule has 116 valence electrons. The molecule has 0 bridgehead atoms. The van der Waals surface area contributed by atoms with Gasteiger partial charge in [-0.15, -0.1) is 0 Å². The van der Waals surface area contributed by atoms with E-state index >= 15 is 0 Å². The molecule has 0 aliphatic carbocycles. The number of carbonyl (C=O) groups is 1. The molecule has 0 atom stereocenters. The number of benzene rings is 2. The highest BCUT2D eigenvalue weighted by molar-refractivity contribution is 5.90. The molecule has 0 saturated carbocycles. The molecule has 3 rings (SSSR count). The second-order valence-corrected chi connectivity index (χ2v) is 4.97. The molecule has 0 spiro atoms. The fraction of sp³-hybridized carbons (Fsp3) is 0.111. The molecule has 1 aromatic heterocycles. The van der Waals surface area contributed by atoms with Crippen LogP contribution in [0, 0.1) is 0 Å². The quantitative estimate of drug-likeness (QED) is 0.749. The zero-order chi connectivity index (χ0) is 16.2. The highest BCUT2D eigenvalue weighted by Crippen LogP contribution is 2.22. The van der Waals surface area contributed by atoms with Gasteiger partial charge in [0.05, 0.1) is 10.9 Å². The van der Waals surface area contributed by atoms with Gasteiger partial charge in [0.15, 0.2) is 5.43 Å². The van der Waals surface area contributed by atoms with Crippen LogP contribution in [-0.4, -0.2) is 19.1 Å². The molecule has 0 saturated heterocycles. The Morgan fingerprint density at radius 1 is 1.09 bits per heavy atom. The fourth-order valence-corrected chi connectivity index (χ4v) is 2.25. The van der Waals surface area contributed by atoms with Gasteiger partial charge in [-0.2, -0.15) is 0 Å². The van der Waals surface area contributed by atoms with Crippen molar-refractivity contribution in [1.29, 1.82) is 0 Å². The summed E-state index contributed by atoms with van der Waals surface area (Å²) in [5.41, 5.74) is 6.85. The lowest BCUT2D eigenvalue weighted by molar-refractivity contribution is 0.0517. The Kier molecular flexibility index (Phi) is 4.21. The van der Waals surface area contributed by atoms with E-state index in [4.69, 9.17) is 14.9 Å². The molecular weight excluding hydrogens is 294 g/mol. The molecule has 1 heterocycles. The van der Waals surface area contributed by atoms with Gasteiger partial charge in [-0.3, -0.25) is 4.79 Å². The van der Waals surface area contributed by atoms with E-state index in [1.807, 2.05) is 6.07 Å². The van der Waals surface area contributed by atoms with Crippen molar-refractivity contribution in [3.8, 4) is 11.3 Å². The molecule has 0 amide bonds. The van der Waals surface area contributed by atoms with Crippen LogP contribution in [0.25, 0.3) is 22.3 Å². The van der Waals surface area contributed by atoms with Crippen LogP contribution in [0.2, 0.25) is 0 Å². The molecule has 0 radical (unpaired) electrons. The van der Waals surface area contributed by atoms with Crippen molar-refractivity contribution < 1.29 is 13.9 Å². The Morgan fingerprint density at radius 3 is 2.57 bits per heavy atom. The van der Waals surface area contributed by atoms with Gasteiger partial charge < -0.3 is 14.9 Å². The first-order chi connectivity index (χ1) is 11.2. The maximum Gasteiger partial charge on any atom is 0.338 e. The first kappa shape index (κ1) is 15.0. The van der Waals surface area contributed by atoms with E-state index in [9.17, 15) is 9.59 Å². The Morgan fingerprint density at radius 2 is 1.83 bits per heavy atom. The first-order valence-corrected chi connectivity index (χ1v) is 7.19. The average molecular weight is 309 g/mol. The van der Waals surface area contributed by atoms with Crippen molar-refractivity contribution in [2.45, 2.75) is 0 Å². The zero-order valence-electron chi connectivity index (χ0n) is 12.3. The molecule has 0 unspecified atom stereocenters. The van der Waals surface area contributed by atoms with Crippen LogP contribution in [0.5, 0.6) is 0 Å². The van der Waals surface area contributed by atoms with E-state index < -0.39 is 5.97 Å². The van der Waals surface area contributed by atoms with Gasteiger partial charge in [-0.05, 0) is 24.3 Å². The number of para-hydroxylation sites is 1. The van der Waals surface area contributed by atoms with Gasteiger partial charge in [-0.25, -0.2) is 4.79 Å². The number of fused-ring (bicyclic) bond motifs is 1. The summed E-state index contributed by atoms with van der Waals surface area (Å²) in [5, 5.41) is 0.540. The minimum Gasteiger partial charge on any atom is -0.461 e. The monoisotopic (exact) mass is 309 g/mol. The standard InChI is InChI=1S/C18H15NO4/c19-9-10-22-18(21)13-7-5-12(6-8-13)17-11-15(20)14-3-1-2-4-16(14)23-17/h1-8,11H,9-10,19H2. The van der Waals surface area contributed by atoms with Crippen molar-refractivity contribution in [1.82, 2.24) is 0 Å². The average Bonchev–Trinajstić information content (AvgIpc) is 2.60. The second kappa shape index (κ2) is 6.46. The van der Waals surface area contributed by atoms with Crippen LogP contribution in [0.4, 0.5) is 0 Å². The number of hydrogen-bond donors (Lipinski definition) is 1. The summed E-state index contributed by atoms with van der Waals surface area (Å²) in [6.45, 7) is 0.464. The molecule has 5 heteroatoms. The van der Waals surface area contributed by atoms with Crippen molar-refractivity contribution >= 4 is 16.9 Å². The van der Waals surface area contributed by atoms with Crippen LogP contribution in [0.3, 0.4) is 0 Å². The highest BCUT2D eigenvalue weighted by Gasteiger charge is 2.09. The Balaban J connectivity index is 1.93. The lowest BCUT2D eigenvalue weighted by Gasteiger charge is -2.05. The lowest BCUT2D eigenvalue weighted by atomic mass is 10.1. The van der Waals surface area contributed by atoms with Crippen molar-refractivity contribution in [2.75, 3.05) is 13.2 Å². The molecule has 23 heavy (non-hydrogen) atoms. The number of hydrogen-bond acceptors (Lipinski definition) is 5. The third kappa shape index (κ3) is 3.14. The molecule has 0 fully saturated rings. The summed E-state index contributed by atoms with van der Waals surface area (Å²) in [6, 6.07) is 15.2. The molecule has 0 aliphatic rings. The van der Waals surface area contributed by atoms with Crippen LogP contribution in [0.15, 0.2) is 63.8 Å². The van der Waals surface area contributed by atoms with E-state index in [0.29, 0.717) is 27.9 Å². The number of ether oxygens (including phenoxy) is 1. The minimum absolute atomic E-state index is 0.103. The van der Waals surface area contributed by atoms with Gasteiger partial charge in [-0.1, -0.05) is 24.3 Å². The maximum absolute atomic E-state index is 12.1. The predicted molar refractivity (Wildman–Crippen MR) is 87.3 cm³/mol. The second-order valence-electron chi connectivity index (χ2n) is 4.97. The molecule has 5 nitrogen and oxygen atoms in total. The number of rotatable bonds is 4. The highest BCUT2D eigenvalue weighted by atomic mass is 16.5. The smallest absolute Gasteiger partial charge is 0.338 e. The summed E-state index contributed by atoms with van der Waals surface area (Å²) in [5.74, 6) is 0.0255. The Labute approximate surface area is 132 Å². The third-order valence-electron chi connectivity index (χ3n) is 3.39. The number of esters is 1. The summed E-state index contributed by atoms with van der Waals surface area (Å²) >= 11 is 0. The topological polar surface area (TPSA) is 82.5 Å². The zero-order valence-corrected chi connectivity index (χ0v) is 12.3. The molecule has 3 aromatic rings. The van der Waals surface area contributed by atoms with E-state index in [2.05, 4.69) is 0 Å². The summed E-state index contributed by atoms with van der Waals surface area (Å²) in [7, 11) is 0. The van der Waals surface area contributed by atoms with Gasteiger partial charge in [0.1, 0.15) is 18.0 Å². The predicted octanol–water partition coefficient (Wildman–Crippen LogP) is 2.58. The molecular formula is C18H15NO4. The van der Waals surface area contributed by atoms with Crippen molar-refractivity contribution in [3.05, 3.63) is 70.4 Å². The van der Waals surface area contributed by atoms with E-state index in [1.54, 1.807) is 42.5 Å². The van der Waals surface area contributed by atoms with E-state index in [-0.39, 0.29) is 18.6 Å². The normalized spacial score (nSPS) is 10.7. The van der Waals surface area contributed by atoms with Crippen molar-refractivity contribution in [3.63, 3.8) is 0 Å². The Bertz CT molecular complexity index is 897. The Hall–Kier alpha value is -2.92. The summed E-state index contributed by atoms with van der Waals surface area (Å²) < 4.78 is 10.7. The number of nitrogens with two attached hydrogens (primary N) is 1. The molecule has 2 aromatic carbocycles. The summed E-state index contributed by atoms with van der Waals surface area (Å²) in [4.78, 5) is 23.8. The van der Waals surface area contributed by atoms with Crippen LogP contribution < -0.4 is 11.2 Å². The van der Waals surface area contributed by atoms with Crippen LogP contribution in [-0.2, 0) is 4.74 Å². The van der Waals surface area contributed by atoms with Gasteiger partial charge in [0.25, 0.3) is 0 Å². The van der Waals surface area contributed by atoms with E-state index in [1.165, 1.54) is 6.07 Å². The van der Waals surface area contributed by atoms with Gasteiger partial charge in [0, 0.05) is 18.2 Å². The first-order valence-electron chi connectivity index (χ1n) is 7.19. The minimum atomic E-state index is -0.429. The van der Waals surface area contributed by atoms with Crippen molar-refractivity contribution in [2.24, 2.45) is 5.73 Å². The largest absolute Gasteiger partial charge is 0.461 e. The molecule has 0 aliphatic heterocycles. The van der Waals surface area contributed by atoms with Gasteiger partial charge >= 0.3 is 5.97 Å². The maximum atomic E-state index is 12.1. The van der Waals surface area contributed by atoms with Gasteiger partial charge in [0.2, 0.25) is 0 Å². The fourth-order valence-electron chi connectivity index (χ4n) is 2.25. The summed E-state index contributed by atoms with van der Waals surface area (Å²) in [6.07, 6.45) is 0. The van der Waals surface area contributed by atoms with Crippen LogP contribution in [0.1, 0.15) is 10.4 Å². The molecule has 2 N–H and O–H groups in total. The van der Waals surface area contributed by atoms with E-state index in [0.717, 1.165) is 0 Å². The number of carbonyl (C=O) groups excluding carboxylic acids is 1. The third-order valence-corrected chi connectivity index (χ3v) is 3.39. The SMILES string of the molecule is NCCOC(=O)c1ccc(-c2cc(=O)c3ccccc3o2)cc1. The van der Waals surface area contributed by atoms with Crippen LogP contribution >= 0.6 is 0 Å². The lowest BCUT2D eigenvalue weighted by Crippen LogP contribution is -2.13.